The van der Waals surface area contributed by atoms with E-state index in [0.717, 1.165) is 36.1 Å². The zero-order valence-electron chi connectivity index (χ0n) is 14.6. The molecule has 0 fully saturated rings. The second kappa shape index (κ2) is 10.4. The number of halogens is 3. The number of carbonyl (C=O) groups excluding carboxylic acids is 1. The Hall–Kier alpha value is -0.640. The smallest absolute Gasteiger partial charge is 0.228 e. The number of anilines is 1. The van der Waals surface area contributed by atoms with Crippen LogP contribution in [0.5, 0.6) is 0 Å². The van der Waals surface area contributed by atoms with E-state index in [9.17, 15) is 4.79 Å². The van der Waals surface area contributed by atoms with E-state index >= 15 is 0 Å². The van der Waals surface area contributed by atoms with Gasteiger partial charge in [-0.15, -0.1) is 0 Å². The van der Waals surface area contributed by atoms with Gasteiger partial charge in [0, 0.05) is 12.1 Å². The molecule has 24 heavy (non-hydrogen) atoms. The molecule has 1 aromatic carbocycles. The molecule has 1 rings (SSSR count). The highest BCUT2D eigenvalue weighted by Crippen LogP contribution is 2.32. The van der Waals surface area contributed by atoms with Crippen molar-refractivity contribution in [2.24, 2.45) is 0 Å². The van der Waals surface area contributed by atoms with Crippen LogP contribution in [0.15, 0.2) is 18.2 Å². The summed E-state index contributed by atoms with van der Waals surface area (Å²) in [5.74, 6) is -0.111. The molecule has 1 atom stereocenters. The highest BCUT2D eigenvalue weighted by atomic mass is 35.6. The molecule has 0 aliphatic heterocycles. The first-order valence-corrected chi connectivity index (χ1v) is 9.57. The van der Waals surface area contributed by atoms with E-state index in [-0.39, 0.29) is 5.91 Å². The second-order valence-electron chi connectivity index (χ2n) is 6.17. The molecule has 0 heterocycles. The topological polar surface area (TPSA) is 41.1 Å². The van der Waals surface area contributed by atoms with E-state index in [0.29, 0.717) is 6.42 Å². The van der Waals surface area contributed by atoms with Crippen LogP contribution in [0, 0.1) is 13.8 Å². The first-order valence-electron chi connectivity index (χ1n) is 8.44. The molecular weight excluding hydrogens is 367 g/mol. The molecule has 0 saturated carbocycles. The lowest BCUT2D eigenvalue weighted by Crippen LogP contribution is -2.49. The first-order chi connectivity index (χ1) is 11.2. The highest BCUT2D eigenvalue weighted by Gasteiger charge is 2.34. The van der Waals surface area contributed by atoms with Crippen LogP contribution < -0.4 is 10.6 Å². The maximum atomic E-state index is 12.1. The fraction of sp³-hybridized carbons (Fsp3) is 0.611. The van der Waals surface area contributed by atoms with Crippen LogP contribution in [0.4, 0.5) is 5.69 Å². The molecule has 0 spiro atoms. The van der Waals surface area contributed by atoms with Crippen LogP contribution in [-0.4, -0.2) is 15.9 Å². The summed E-state index contributed by atoms with van der Waals surface area (Å²) in [7, 11) is 0. The molecule has 2 N–H and O–H groups in total. The van der Waals surface area contributed by atoms with Crippen LogP contribution in [-0.2, 0) is 4.79 Å². The quantitative estimate of drug-likeness (QED) is 0.312. The minimum atomic E-state index is -1.64. The Morgan fingerprint density at radius 2 is 1.79 bits per heavy atom. The molecule has 0 aliphatic rings. The normalized spacial score (nSPS) is 12.8. The minimum absolute atomic E-state index is 0.111. The van der Waals surface area contributed by atoms with Crippen molar-refractivity contribution in [1.82, 2.24) is 5.32 Å². The predicted octanol–water partition coefficient (Wildman–Crippen LogP) is 5.89. The Labute approximate surface area is 160 Å². The van der Waals surface area contributed by atoms with Crippen molar-refractivity contribution >= 4 is 46.4 Å². The summed E-state index contributed by atoms with van der Waals surface area (Å²) < 4.78 is -1.64. The Balaban J connectivity index is 2.63. The van der Waals surface area contributed by atoms with E-state index in [1.165, 1.54) is 12.8 Å². The Kier molecular flexibility index (Phi) is 9.25. The number of rotatable bonds is 9. The summed E-state index contributed by atoms with van der Waals surface area (Å²) in [4.78, 5) is 12.1. The highest BCUT2D eigenvalue weighted by molar-refractivity contribution is 6.68. The van der Waals surface area contributed by atoms with E-state index in [2.05, 4.69) is 17.6 Å². The van der Waals surface area contributed by atoms with Gasteiger partial charge in [-0.05, 0) is 37.5 Å². The largest absolute Gasteiger partial charge is 0.362 e. The molecule has 6 heteroatoms. The average Bonchev–Trinajstić information content (AvgIpc) is 2.49. The van der Waals surface area contributed by atoms with Gasteiger partial charge in [0.25, 0.3) is 0 Å². The van der Waals surface area contributed by atoms with Crippen molar-refractivity contribution in [3.63, 3.8) is 0 Å². The standard InChI is InChI=1S/C18H27Cl3N2O/c1-4-5-6-7-8-9-16(24)23-17(18(19,20)21)22-15-12-13(2)10-11-14(15)3/h10-12,17,22H,4-9H2,1-3H3,(H,23,24)/t17-/m1/s1. The third kappa shape index (κ3) is 7.96. The summed E-state index contributed by atoms with van der Waals surface area (Å²) in [6.07, 6.45) is 5.08. The van der Waals surface area contributed by atoms with Gasteiger partial charge in [-0.3, -0.25) is 4.79 Å². The summed E-state index contributed by atoms with van der Waals surface area (Å²) in [6.45, 7) is 6.12. The van der Waals surface area contributed by atoms with Crippen molar-refractivity contribution in [2.45, 2.75) is 69.3 Å². The van der Waals surface area contributed by atoms with E-state index in [1.807, 2.05) is 32.0 Å². The lowest BCUT2D eigenvalue weighted by molar-refractivity contribution is -0.121. The van der Waals surface area contributed by atoms with Crippen LogP contribution in [0.25, 0.3) is 0 Å². The number of carbonyl (C=O) groups is 1. The molecule has 3 nitrogen and oxygen atoms in total. The predicted molar refractivity (Wildman–Crippen MR) is 105 cm³/mol. The Bertz CT molecular complexity index is 529. The molecule has 0 aromatic heterocycles. The maximum Gasteiger partial charge on any atom is 0.228 e. The fourth-order valence-electron chi connectivity index (χ4n) is 2.37. The minimum Gasteiger partial charge on any atom is -0.362 e. The average molecular weight is 394 g/mol. The molecule has 0 bridgehead atoms. The van der Waals surface area contributed by atoms with Gasteiger partial charge < -0.3 is 10.6 Å². The van der Waals surface area contributed by atoms with Crippen LogP contribution in [0.3, 0.4) is 0 Å². The zero-order chi connectivity index (χ0) is 18.2. The summed E-state index contributed by atoms with van der Waals surface area (Å²) in [5, 5.41) is 5.94. The molecule has 1 amide bonds. The third-order valence-corrected chi connectivity index (χ3v) is 4.49. The van der Waals surface area contributed by atoms with Crippen molar-refractivity contribution in [1.29, 1.82) is 0 Å². The Morgan fingerprint density at radius 3 is 2.42 bits per heavy atom. The summed E-state index contributed by atoms with van der Waals surface area (Å²) >= 11 is 18.1. The van der Waals surface area contributed by atoms with Gasteiger partial charge in [0.15, 0.2) is 0 Å². The maximum absolute atomic E-state index is 12.1. The lowest BCUT2D eigenvalue weighted by atomic mass is 10.1. The number of hydrogen-bond donors (Lipinski definition) is 2. The summed E-state index contributed by atoms with van der Waals surface area (Å²) in [5.41, 5.74) is 2.96. The van der Waals surface area contributed by atoms with Crippen molar-refractivity contribution in [3.05, 3.63) is 29.3 Å². The molecular formula is C18H27Cl3N2O. The van der Waals surface area contributed by atoms with Gasteiger partial charge in [0.2, 0.25) is 9.70 Å². The first kappa shape index (κ1) is 21.4. The SMILES string of the molecule is CCCCCCCC(=O)N[C@@H](Nc1cc(C)ccc1C)C(Cl)(Cl)Cl. The van der Waals surface area contributed by atoms with Gasteiger partial charge >= 0.3 is 0 Å². The molecule has 0 saturated heterocycles. The molecule has 0 aliphatic carbocycles. The molecule has 1 aromatic rings. The molecule has 0 unspecified atom stereocenters. The van der Waals surface area contributed by atoms with Crippen molar-refractivity contribution in [3.8, 4) is 0 Å². The second-order valence-corrected chi connectivity index (χ2v) is 8.54. The van der Waals surface area contributed by atoms with Crippen LogP contribution >= 0.6 is 34.8 Å². The monoisotopic (exact) mass is 392 g/mol. The number of nitrogens with one attached hydrogen (secondary N) is 2. The lowest BCUT2D eigenvalue weighted by Gasteiger charge is -2.28. The van der Waals surface area contributed by atoms with Gasteiger partial charge in [-0.2, -0.15) is 0 Å². The number of amides is 1. The number of alkyl halides is 3. The third-order valence-electron chi connectivity index (χ3n) is 3.83. The number of unbranched alkanes of at least 4 members (excludes halogenated alkanes) is 4. The Morgan fingerprint density at radius 1 is 1.12 bits per heavy atom. The van der Waals surface area contributed by atoms with Crippen molar-refractivity contribution in [2.75, 3.05) is 5.32 Å². The van der Waals surface area contributed by atoms with Crippen LogP contribution in [0.1, 0.15) is 56.6 Å². The molecule has 0 radical (unpaired) electrons. The number of hydrogen-bond acceptors (Lipinski definition) is 2. The number of aryl methyl sites for hydroxylation is 2. The number of benzene rings is 1. The van der Waals surface area contributed by atoms with E-state index in [1.54, 1.807) is 0 Å². The molecule has 136 valence electrons. The van der Waals surface area contributed by atoms with E-state index < -0.39 is 9.96 Å². The zero-order valence-corrected chi connectivity index (χ0v) is 16.9. The van der Waals surface area contributed by atoms with Crippen molar-refractivity contribution < 1.29 is 4.79 Å². The van der Waals surface area contributed by atoms with Gasteiger partial charge in [-0.1, -0.05) is 79.5 Å². The fourth-order valence-corrected chi connectivity index (χ4v) is 2.70. The van der Waals surface area contributed by atoms with Gasteiger partial charge in [0.05, 0.1) is 0 Å². The van der Waals surface area contributed by atoms with E-state index in [4.69, 9.17) is 34.8 Å². The summed E-state index contributed by atoms with van der Waals surface area (Å²) in [6, 6.07) is 5.97. The van der Waals surface area contributed by atoms with Crippen LogP contribution in [0.2, 0.25) is 0 Å². The van der Waals surface area contributed by atoms with Gasteiger partial charge in [0.1, 0.15) is 6.17 Å². The van der Waals surface area contributed by atoms with Gasteiger partial charge in [-0.25, -0.2) is 0 Å².